The number of halogens is 1. The van der Waals surface area contributed by atoms with Gasteiger partial charge in [0.05, 0.1) is 25.0 Å². The number of carbonyl (C=O) groups is 1. The Balaban J connectivity index is 1.43. The second-order valence-electron chi connectivity index (χ2n) is 10.0. The van der Waals surface area contributed by atoms with Crippen LogP contribution in [-0.2, 0) is 13.1 Å². The number of amides is 2. The lowest BCUT2D eigenvalue weighted by atomic mass is 9.87. The maximum absolute atomic E-state index is 13.4. The van der Waals surface area contributed by atoms with Gasteiger partial charge < -0.3 is 19.9 Å². The van der Waals surface area contributed by atoms with E-state index in [1.807, 2.05) is 29.2 Å². The van der Waals surface area contributed by atoms with Gasteiger partial charge in [-0.05, 0) is 68.6 Å². The minimum absolute atomic E-state index is 0.0953. The zero-order valence-electron chi connectivity index (χ0n) is 19.9. The summed E-state index contributed by atoms with van der Waals surface area (Å²) in [5.41, 5.74) is 1.89. The van der Waals surface area contributed by atoms with E-state index >= 15 is 0 Å². The summed E-state index contributed by atoms with van der Waals surface area (Å²) >= 11 is 0. The molecular weight excluding hydrogens is 419 g/mol. The van der Waals surface area contributed by atoms with Gasteiger partial charge in [0.15, 0.2) is 0 Å². The predicted octanol–water partition coefficient (Wildman–Crippen LogP) is 4.45. The molecule has 0 radical (unpaired) electrons. The highest BCUT2D eigenvalue weighted by Gasteiger charge is 2.54. The number of pyridine rings is 1. The van der Waals surface area contributed by atoms with E-state index in [-0.39, 0.29) is 23.3 Å². The summed E-state index contributed by atoms with van der Waals surface area (Å²) in [6.45, 7) is 7.71. The number of hydrogen-bond acceptors (Lipinski definition) is 4. The molecule has 1 N–H and O–H groups in total. The summed E-state index contributed by atoms with van der Waals surface area (Å²) in [5, 5.41) is 3.11. The number of hydrogen-bond donors (Lipinski definition) is 1. The number of ether oxygens (including phenoxy) is 1. The first-order valence-corrected chi connectivity index (χ1v) is 11.9. The van der Waals surface area contributed by atoms with E-state index < -0.39 is 0 Å². The molecule has 1 aromatic heterocycles. The molecule has 1 aliphatic heterocycles. The molecular formula is C26H35FN4O2. The molecule has 7 heteroatoms. The Morgan fingerprint density at radius 2 is 2.03 bits per heavy atom. The second kappa shape index (κ2) is 10.1. The van der Waals surface area contributed by atoms with E-state index in [0.29, 0.717) is 31.3 Å². The number of aromatic nitrogens is 1. The normalized spacial score (nSPS) is 19.5. The van der Waals surface area contributed by atoms with Crippen LogP contribution in [0.5, 0.6) is 5.75 Å². The van der Waals surface area contributed by atoms with Crippen LogP contribution in [-0.4, -0.2) is 53.6 Å². The summed E-state index contributed by atoms with van der Waals surface area (Å²) in [6.07, 6.45) is 4.43. The summed E-state index contributed by atoms with van der Waals surface area (Å²) in [6, 6.07) is 11.0. The predicted molar refractivity (Wildman–Crippen MR) is 126 cm³/mol. The number of nitrogens with zero attached hydrogens (tertiary/aromatic N) is 3. The lowest BCUT2D eigenvalue weighted by molar-refractivity contribution is 0.0669. The van der Waals surface area contributed by atoms with Crippen LogP contribution in [0.25, 0.3) is 0 Å². The molecule has 1 spiro atoms. The Hall–Kier alpha value is -2.67. The molecule has 6 nitrogen and oxygen atoms in total. The molecule has 178 valence electrons. The van der Waals surface area contributed by atoms with Crippen LogP contribution in [0.2, 0.25) is 0 Å². The number of urea groups is 1. The van der Waals surface area contributed by atoms with Crippen molar-refractivity contribution in [3.05, 3.63) is 59.7 Å². The van der Waals surface area contributed by atoms with Gasteiger partial charge in [0.2, 0.25) is 0 Å². The van der Waals surface area contributed by atoms with Crippen molar-refractivity contribution >= 4 is 6.03 Å². The van der Waals surface area contributed by atoms with Crippen LogP contribution >= 0.6 is 0 Å². The first-order chi connectivity index (χ1) is 15.8. The fourth-order valence-electron chi connectivity index (χ4n) is 4.75. The fourth-order valence-corrected chi connectivity index (χ4v) is 4.75. The molecule has 2 amide bonds. The number of rotatable bonds is 8. The molecule has 1 saturated carbocycles. The summed E-state index contributed by atoms with van der Waals surface area (Å²) in [5.74, 6) is 0.943. The van der Waals surface area contributed by atoms with Crippen molar-refractivity contribution < 1.29 is 13.9 Å². The van der Waals surface area contributed by atoms with Crippen molar-refractivity contribution in [2.45, 2.75) is 52.2 Å². The maximum atomic E-state index is 13.4. The molecule has 1 unspecified atom stereocenters. The highest BCUT2D eigenvalue weighted by atomic mass is 19.1. The SMILES string of the molecule is CC(C)COc1ccc(CNC(=O)N(Cc2ccc(F)cn2)C2CCN(C)CC23CC3)cc1. The van der Waals surface area contributed by atoms with Gasteiger partial charge in [0, 0.05) is 24.5 Å². The van der Waals surface area contributed by atoms with Crippen molar-refractivity contribution in [1.82, 2.24) is 20.1 Å². The average molecular weight is 455 g/mol. The van der Waals surface area contributed by atoms with E-state index in [4.69, 9.17) is 4.74 Å². The number of benzene rings is 1. The van der Waals surface area contributed by atoms with Gasteiger partial charge in [-0.3, -0.25) is 4.98 Å². The van der Waals surface area contributed by atoms with Crippen LogP contribution in [0.4, 0.5) is 9.18 Å². The molecule has 33 heavy (non-hydrogen) atoms. The Bertz CT molecular complexity index is 928. The molecule has 1 atom stereocenters. The first-order valence-electron chi connectivity index (χ1n) is 11.9. The number of piperidine rings is 1. The van der Waals surface area contributed by atoms with Gasteiger partial charge in [-0.15, -0.1) is 0 Å². The Labute approximate surface area is 196 Å². The number of likely N-dealkylation sites (tertiary alicyclic amines) is 1. The Kier molecular flexibility index (Phi) is 7.17. The quantitative estimate of drug-likeness (QED) is 0.640. The van der Waals surface area contributed by atoms with Gasteiger partial charge in [0.1, 0.15) is 11.6 Å². The third kappa shape index (κ3) is 6.02. The maximum Gasteiger partial charge on any atom is 0.318 e. The number of nitrogens with one attached hydrogen (secondary N) is 1. The molecule has 2 aromatic rings. The van der Waals surface area contributed by atoms with E-state index in [1.54, 1.807) is 6.07 Å². The highest BCUT2D eigenvalue weighted by molar-refractivity contribution is 5.74. The van der Waals surface area contributed by atoms with Crippen LogP contribution in [0.3, 0.4) is 0 Å². The zero-order chi connectivity index (χ0) is 23.4. The topological polar surface area (TPSA) is 57.7 Å². The van der Waals surface area contributed by atoms with Gasteiger partial charge in [-0.2, -0.15) is 0 Å². The largest absolute Gasteiger partial charge is 0.493 e. The summed E-state index contributed by atoms with van der Waals surface area (Å²) in [4.78, 5) is 21.9. The number of carbonyl (C=O) groups excluding carboxylic acids is 1. The minimum atomic E-state index is -0.367. The van der Waals surface area contributed by atoms with E-state index in [1.165, 1.54) is 12.3 Å². The van der Waals surface area contributed by atoms with Gasteiger partial charge in [0.25, 0.3) is 0 Å². The minimum Gasteiger partial charge on any atom is -0.493 e. The molecule has 1 saturated heterocycles. The zero-order valence-corrected chi connectivity index (χ0v) is 19.9. The van der Waals surface area contributed by atoms with E-state index in [0.717, 1.165) is 43.7 Å². The molecule has 1 aromatic carbocycles. The highest BCUT2D eigenvalue weighted by Crippen LogP contribution is 2.54. The third-order valence-corrected chi connectivity index (χ3v) is 6.68. The smallest absolute Gasteiger partial charge is 0.318 e. The van der Waals surface area contributed by atoms with Crippen LogP contribution in [0.1, 0.15) is 44.4 Å². The third-order valence-electron chi connectivity index (χ3n) is 6.68. The van der Waals surface area contributed by atoms with Crippen molar-refractivity contribution in [3.8, 4) is 5.75 Å². The standard InChI is InChI=1S/C26H35FN4O2/c1-19(2)17-33-23-8-4-20(5-9-23)14-29-25(32)31(16-22-7-6-21(27)15-28-22)24-10-13-30(3)18-26(24)11-12-26/h4-9,15,19,24H,10-14,16-18H2,1-3H3,(H,29,32). The monoisotopic (exact) mass is 454 g/mol. The van der Waals surface area contributed by atoms with Crippen LogP contribution < -0.4 is 10.1 Å². The molecule has 0 bridgehead atoms. The van der Waals surface area contributed by atoms with Crippen LogP contribution in [0.15, 0.2) is 42.6 Å². The summed E-state index contributed by atoms with van der Waals surface area (Å²) < 4.78 is 19.1. The lowest BCUT2D eigenvalue weighted by Gasteiger charge is -2.43. The van der Waals surface area contributed by atoms with E-state index in [9.17, 15) is 9.18 Å². The van der Waals surface area contributed by atoms with Crippen molar-refractivity contribution in [3.63, 3.8) is 0 Å². The Morgan fingerprint density at radius 1 is 1.27 bits per heavy atom. The molecule has 2 aliphatic rings. The molecule has 4 rings (SSSR count). The summed E-state index contributed by atoms with van der Waals surface area (Å²) in [7, 11) is 2.15. The second-order valence-corrected chi connectivity index (χ2v) is 10.0. The van der Waals surface area contributed by atoms with Gasteiger partial charge in [-0.25, -0.2) is 9.18 Å². The van der Waals surface area contributed by atoms with Gasteiger partial charge in [-0.1, -0.05) is 26.0 Å². The van der Waals surface area contributed by atoms with Crippen LogP contribution in [0, 0.1) is 17.2 Å². The van der Waals surface area contributed by atoms with Crippen molar-refractivity contribution in [1.29, 1.82) is 0 Å². The van der Waals surface area contributed by atoms with Crippen molar-refractivity contribution in [2.24, 2.45) is 11.3 Å². The Morgan fingerprint density at radius 3 is 2.67 bits per heavy atom. The van der Waals surface area contributed by atoms with Gasteiger partial charge >= 0.3 is 6.03 Å². The first kappa shape index (κ1) is 23.5. The molecule has 1 aliphatic carbocycles. The average Bonchev–Trinajstić information content (AvgIpc) is 3.56. The fraction of sp³-hybridized carbons (Fsp3) is 0.538. The molecule has 2 fully saturated rings. The lowest BCUT2D eigenvalue weighted by Crippen LogP contribution is -2.55. The van der Waals surface area contributed by atoms with E-state index in [2.05, 4.69) is 36.1 Å². The van der Waals surface area contributed by atoms with Crippen molar-refractivity contribution in [2.75, 3.05) is 26.7 Å². The molecule has 2 heterocycles.